The van der Waals surface area contributed by atoms with Crippen LogP contribution in [-0.2, 0) is 6.42 Å². The summed E-state index contributed by atoms with van der Waals surface area (Å²) in [6.07, 6.45) is 6.87. The molecule has 0 aromatic heterocycles. The summed E-state index contributed by atoms with van der Waals surface area (Å²) < 4.78 is 0. The molecule has 1 aromatic carbocycles. The lowest BCUT2D eigenvalue weighted by molar-refractivity contribution is 0.542. The first-order valence-corrected chi connectivity index (χ1v) is 5.71. The van der Waals surface area contributed by atoms with Gasteiger partial charge in [-0.2, -0.15) is 0 Å². The summed E-state index contributed by atoms with van der Waals surface area (Å²) in [5, 5.41) is 0. The fourth-order valence-corrected chi connectivity index (χ4v) is 1.44. The third kappa shape index (κ3) is 5.41. The van der Waals surface area contributed by atoms with Gasteiger partial charge in [0.1, 0.15) is 0 Å². The lowest BCUT2D eigenvalue weighted by atomic mass is 9.95. The van der Waals surface area contributed by atoms with Gasteiger partial charge in [0.05, 0.1) is 0 Å². The second kappa shape index (κ2) is 5.16. The van der Waals surface area contributed by atoms with Crippen LogP contribution < -0.4 is 0 Å². The molecule has 0 atom stereocenters. The fourth-order valence-electron chi connectivity index (χ4n) is 1.44. The van der Waals surface area contributed by atoms with E-state index in [-0.39, 0.29) is 0 Å². The van der Waals surface area contributed by atoms with Gasteiger partial charge in [0.25, 0.3) is 0 Å². The average Bonchev–Trinajstić information content (AvgIpc) is 2.14. The number of benzene rings is 1. The van der Waals surface area contributed by atoms with Gasteiger partial charge in [0.2, 0.25) is 0 Å². The van der Waals surface area contributed by atoms with E-state index in [9.17, 15) is 0 Å². The van der Waals surface area contributed by atoms with Crippen molar-refractivity contribution in [1.29, 1.82) is 0 Å². The summed E-state index contributed by atoms with van der Waals surface area (Å²) in [4.78, 5) is 0. The van der Waals surface area contributed by atoms with Crippen LogP contribution in [0.1, 0.15) is 38.3 Å². The first-order chi connectivity index (χ1) is 6.97. The van der Waals surface area contributed by atoms with Gasteiger partial charge in [-0.15, -0.1) is 0 Å². The van der Waals surface area contributed by atoms with Crippen LogP contribution in [0.15, 0.2) is 36.4 Å². The zero-order chi connectivity index (χ0) is 11.3. The van der Waals surface area contributed by atoms with Crippen molar-refractivity contribution in [2.45, 2.75) is 40.5 Å². The van der Waals surface area contributed by atoms with Crippen LogP contribution in [0.4, 0.5) is 0 Å². The Kier molecular flexibility index (Phi) is 4.14. The normalized spacial score (nSPS) is 12.3. The van der Waals surface area contributed by atoms with E-state index >= 15 is 0 Å². The Balaban J connectivity index is 2.38. The Morgan fingerprint density at radius 2 is 1.67 bits per heavy atom. The van der Waals surface area contributed by atoms with Gasteiger partial charge in [-0.25, -0.2) is 0 Å². The van der Waals surface area contributed by atoms with Gasteiger partial charge in [-0.1, -0.05) is 62.8 Å². The molecule has 0 amide bonds. The van der Waals surface area contributed by atoms with Gasteiger partial charge < -0.3 is 0 Å². The Labute approximate surface area is 94.0 Å². The minimum Gasteiger partial charge on any atom is -0.0877 e. The summed E-state index contributed by atoms with van der Waals surface area (Å²) >= 11 is 0. The van der Waals surface area contributed by atoms with Gasteiger partial charge in [0, 0.05) is 0 Å². The molecule has 0 nitrogen and oxygen atoms in total. The molecule has 0 unspecified atom stereocenters. The SMILES string of the molecule is Cc1ccc(CC/C=C/C(C)(C)C)cc1. The van der Waals surface area contributed by atoms with Crippen LogP contribution in [-0.4, -0.2) is 0 Å². The summed E-state index contributed by atoms with van der Waals surface area (Å²) in [6.45, 7) is 8.82. The number of rotatable bonds is 3. The van der Waals surface area contributed by atoms with E-state index in [1.54, 1.807) is 0 Å². The molecule has 0 bridgehead atoms. The predicted molar refractivity (Wildman–Crippen MR) is 68.1 cm³/mol. The van der Waals surface area contributed by atoms with Crippen molar-refractivity contribution >= 4 is 0 Å². The van der Waals surface area contributed by atoms with Crippen molar-refractivity contribution in [3.63, 3.8) is 0 Å². The molecule has 82 valence electrons. The third-order valence-electron chi connectivity index (χ3n) is 2.34. The largest absolute Gasteiger partial charge is 0.0877 e. The molecule has 1 rings (SSSR count). The van der Waals surface area contributed by atoms with Gasteiger partial charge in [0.15, 0.2) is 0 Å². The van der Waals surface area contributed by atoms with E-state index in [2.05, 4.69) is 64.1 Å². The zero-order valence-electron chi connectivity index (χ0n) is 10.4. The van der Waals surface area contributed by atoms with Crippen molar-refractivity contribution in [3.8, 4) is 0 Å². The van der Waals surface area contributed by atoms with E-state index in [1.807, 2.05) is 0 Å². The van der Waals surface area contributed by atoms with Crippen LogP contribution in [0.5, 0.6) is 0 Å². The van der Waals surface area contributed by atoms with E-state index in [4.69, 9.17) is 0 Å². The van der Waals surface area contributed by atoms with Crippen molar-refractivity contribution in [2.24, 2.45) is 5.41 Å². The Morgan fingerprint density at radius 1 is 1.07 bits per heavy atom. The topological polar surface area (TPSA) is 0 Å². The van der Waals surface area contributed by atoms with E-state index in [1.165, 1.54) is 11.1 Å². The molecule has 0 heterocycles. The summed E-state index contributed by atoms with van der Waals surface area (Å²) in [6, 6.07) is 8.81. The molecule has 0 aliphatic carbocycles. The summed E-state index contributed by atoms with van der Waals surface area (Å²) in [7, 11) is 0. The first kappa shape index (κ1) is 12.0. The summed E-state index contributed by atoms with van der Waals surface area (Å²) in [5.41, 5.74) is 3.08. The first-order valence-electron chi connectivity index (χ1n) is 5.71. The lowest BCUT2D eigenvalue weighted by Gasteiger charge is -2.10. The Bertz CT molecular complexity index is 309. The average molecular weight is 202 g/mol. The van der Waals surface area contributed by atoms with Crippen molar-refractivity contribution in [2.75, 3.05) is 0 Å². The minimum absolute atomic E-state index is 0.313. The molecule has 0 N–H and O–H groups in total. The van der Waals surface area contributed by atoms with E-state index in [0.29, 0.717) is 5.41 Å². The molecule has 0 fully saturated rings. The second-order valence-corrected chi connectivity index (χ2v) is 5.29. The third-order valence-corrected chi connectivity index (χ3v) is 2.34. The maximum Gasteiger partial charge on any atom is -0.0203 e. The highest BCUT2D eigenvalue weighted by atomic mass is 14.1. The molecule has 0 radical (unpaired) electrons. The number of allylic oxidation sites excluding steroid dienone is 2. The van der Waals surface area contributed by atoms with Crippen molar-refractivity contribution < 1.29 is 0 Å². The molecule has 0 saturated heterocycles. The standard InChI is InChI=1S/C15H22/c1-13-8-10-14(11-9-13)7-5-6-12-15(2,3)4/h6,8-12H,5,7H2,1-4H3/b12-6+. The highest BCUT2D eigenvalue weighted by molar-refractivity contribution is 5.21. The van der Waals surface area contributed by atoms with Crippen LogP contribution >= 0.6 is 0 Å². The molecule has 0 aliphatic rings. The molecule has 0 heteroatoms. The number of hydrogen-bond acceptors (Lipinski definition) is 0. The smallest absolute Gasteiger partial charge is 0.0203 e. The minimum atomic E-state index is 0.313. The molecule has 0 spiro atoms. The highest BCUT2D eigenvalue weighted by Crippen LogP contribution is 2.15. The second-order valence-electron chi connectivity index (χ2n) is 5.29. The van der Waals surface area contributed by atoms with E-state index in [0.717, 1.165) is 12.8 Å². The van der Waals surface area contributed by atoms with Gasteiger partial charge >= 0.3 is 0 Å². The number of hydrogen-bond donors (Lipinski definition) is 0. The van der Waals surface area contributed by atoms with Crippen molar-refractivity contribution in [1.82, 2.24) is 0 Å². The Morgan fingerprint density at radius 3 is 2.20 bits per heavy atom. The molecular formula is C15H22. The molecular weight excluding hydrogens is 180 g/mol. The maximum absolute atomic E-state index is 2.29. The van der Waals surface area contributed by atoms with E-state index < -0.39 is 0 Å². The molecule has 0 saturated carbocycles. The highest BCUT2D eigenvalue weighted by Gasteiger charge is 2.02. The van der Waals surface area contributed by atoms with Crippen LogP contribution in [0.2, 0.25) is 0 Å². The molecule has 15 heavy (non-hydrogen) atoms. The van der Waals surface area contributed by atoms with Crippen molar-refractivity contribution in [3.05, 3.63) is 47.5 Å². The van der Waals surface area contributed by atoms with Crippen LogP contribution in [0, 0.1) is 12.3 Å². The van der Waals surface area contributed by atoms with Crippen LogP contribution in [0.25, 0.3) is 0 Å². The quantitative estimate of drug-likeness (QED) is 0.632. The lowest BCUT2D eigenvalue weighted by Crippen LogP contribution is -1.98. The van der Waals surface area contributed by atoms with Gasteiger partial charge in [-0.05, 0) is 30.7 Å². The molecule has 1 aromatic rings. The fraction of sp³-hybridized carbons (Fsp3) is 0.467. The van der Waals surface area contributed by atoms with Crippen LogP contribution in [0.3, 0.4) is 0 Å². The predicted octanol–water partition coefficient (Wildman–Crippen LogP) is 4.53. The maximum atomic E-state index is 2.29. The number of aryl methyl sites for hydroxylation is 2. The monoisotopic (exact) mass is 202 g/mol. The van der Waals surface area contributed by atoms with Gasteiger partial charge in [-0.3, -0.25) is 0 Å². The summed E-state index contributed by atoms with van der Waals surface area (Å²) in [5.74, 6) is 0. The zero-order valence-corrected chi connectivity index (χ0v) is 10.4. The molecule has 0 aliphatic heterocycles. The Hall–Kier alpha value is -1.04.